The fourth-order valence-electron chi connectivity index (χ4n) is 1.19. The first-order valence-corrected chi connectivity index (χ1v) is 5.11. The van der Waals surface area contributed by atoms with Gasteiger partial charge in [-0.05, 0) is 12.1 Å². The van der Waals surface area contributed by atoms with E-state index in [0.29, 0.717) is 11.6 Å². The van der Waals surface area contributed by atoms with Gasteiger partial charge in [-0.2, -0.15) is 0 Å². The normalized spacial score (nSPS) is 10.1. The predicted molar refractivity (Wildman–Crippen MR) is 60.9 cm³/mol. The number of benzene rings is 1. The van der Waals surface area contributed by atoms with E-state index >= 15 is 0 Å². The van der Waals surface area contributed by atoms with Gasteiger partial charge in [0.15, 0.2) is 38.3 Å². The van der Waals surface area contributed by atoms with Crippen LogP contribution in [0.5, 0.6) is 11.6 Å². The summed E-state index contributed by atoms with van der Waals surface area (Å²) in [7, 11) is 0. The molecule has 0 bridgehead atoms. The van der Waals surface area contributed by atoms with Crippen molar-refractivity contribution in [2.75, 3.05) is 0 Å². The second kappa shape index (κ2) is 4.14. The largest absolute Gasteiger partial charge is 0.412 e. The third-order valence-corrected chi connectivity index (χ3v) is 2.47. The SMILES string of the molecule is BrOc1cc2ccccc2nc1OBr. The lowest BCUT2D eigenvalue weighted by molar-refractivity contribution is 0.581. The van der Waals surface area contributed by atoms with Crippen molar-refractivity contribution in [3.63, 3.8) is 0 Å². The zero-order valence-corrected chi connectivity index (χ0v) is 10.1. The van der Waals surface area contributed by atoms with Gasteiger partial charge in [-0.15, -0.1) is 0 Å². The molecule has 1 heterocycles. The van der Waals surface area contributed by atoms with Crippen molar-refractivity contribution in [1.29, 1.82) is 0 Å². The van der Waals surface area contributed by atoms with Crippen molar-refractivity contribution in [2.24, 2.45) is 0 Å². The van der Waals surface area contributed by atoms with Gasteiger partial charge >= 0.3 is 0 Å². The summed E-state index contributed by atoms with van der Waals surface area (Å²) >= 11 is 5.77. The summed E-state index contributed by atoms with van der Waals surface area (Å²) in [6.07, 6.45) is 0. The van der Waals surface area contributed by atoms with E-state index in [1.807, 2.05) is 30.3 Å². The lowest BCUT2D eigenvalue weighted by atomic mass is 10.2. The first-order chi connectivity index (χ1) is 6.85. The van der Waals surface area contributed by atoms with Gasteiger partial charge in [0, 0.05) is 5.39 Å². The number of nitrogens with zero attached hydrogens (tertiary/aromatic N) is 1. The first-order valence-electron chi connectivity index (χ1n) is 3.82. The summed E-state index contributed by atoms with van der Waals surface area (Å²) in [6.45, 7) is 0. The second-order valence-corrected chi connectivity index (χ2v) is 3.29. The van der Waals surface area contributed by atoms with E-state index in [-0.39, 0.29) is 0 Å². The molecular formula is C9H5Br2NO2. The highest BCUT2D eigenvalue weighted by atomic mass is 79.9. The molecule has 0 spiro atoms. The Hall–Kier alpha value is -0.810. The first kappa shape index (κ1) is 9.73. The molecule has 0 saturated heterocycles. The summed E-state index contributed by atoms with van der Waals surface area (Å²) < 4.78 is 9.83. The van der Waals surface area contributed by atoms with Gasteiger partial charge in [-0.3, -0.25) is 0 Å². The third-order valence-electron chi connectivity index (χ3n) is 1.81. The van der Waals surface area contributed by atoms with Crippen molar-refractivity contribution in [3.05, 3.63) is 30.3 Å². The van der Waals surface area contributed by atoms with E-state index in [4.69, 9.17) is 7.66 Å². The number of halogens is 2. The highest BCUT2D eigenvalue weighted by Gasteiger charge is 2.08. The van der Waals surface area contributed by atoms with Gasteiger partial charge in [-0.1, -0.05) is 18.2 Å². The molecule has 14 heavy (non-hydrogen) atoms. The molecule has 0 saturated carbocycles. The molecular weight excluding hydrogens is 314 g/mol. The minimum absolute atomic E-state index is 0.389. The number of aromatic nitrogens is 1. The van der Waals surface area contributed by atoms with Crippen molar-refractivity contribution in [1.82, 2.24) is 4.98 Å². The van der Waals surface area contributed by atoms with Crippen LogP contribution in [0.25, 0.3) is 10.9 Å². The van der Waals surface area contributed by atoms with Crippen LogP contribution in [-0.4, -0.2) is 4.98 Å². The molecule has 1 aromatic carbocycles. The maximum atomic E-state index is 4.94. The van der Waals surface area contributed by atoms with Crippen LogP contribution in [0.4, 0.5) is 0 Å². The van der Waals surface area contributed by atoms with Gasteiger partial charge < -0.3 is 7.66 Å². The van der Waals surface area contributed by atoms with E-state index in [0.717, 1.165) is 10.9 Å². The van der Waals surface area contributed by atoms with Crippen LogP contribution in [-0.2, 0) is 0 Å². The fourth-order valence-corrected chi connectivity index (χ4v) is 1.65. The van der Waals surface area contributed by atoms with Crippen LogP contribution in [0.15, 0.2) is 30.3 Å². The fraction of sp³-hybridized carbons (Fsp3) is 0. The maximum absolute atomic E-state index is 4.94. The lowest BCUT2D eigenvalue weighted by Crippen LogP contribution is -1.87. The molecule has 0 radical (unpaired) electrons. The van der Waals surface area contributed by atoms with Crippen molar-refractivity contribution in [3.8, 4) is 11.6 Å². The van der Waals surface area contributed by atoms with Crippen LogP contribution in [0.1, 0.15) is 0 Å². The minimum Gasteiger partial charge on any atom is -0.412 e. The summed E-state index contributed by atoms with van der Waals surface area (Å²) in [4.78, 5) is 4.24. The molecule has 0 aliphatic carbocycles. The molecule has 0 unspecified atom stereocenters. The highest BCUT2D eigenvalue weighted by molar-refractivity contribution is 9.06. The molecule has 72 valence electrons. The average molecular weight is 319 g/mol. The summed E-state index contributed by atoms with van der Waals surface area (Å²) in [6, 6.07) is 9.56. The molecule has 0 aliphatic heterocycles. The van der Waals surface area contributed by atoms with Gasteiger partial charge in [0.2, 0.25) is 0 Å². The topological polar surface area (TPSA) is 31.4 Å². The van der Waals surface area contributed by atoms with E-state index in [1.165, 1.54) is 0 Å². The zero-order valence-electron chi connectivity index (χ0n) is 6.91. The van der Waals surface area contributed by atoms with Gasteiger partial charge in [0.25, 0.3) is 5.88 Å². The number of rotatable bonds is 2. The second-order valence-electron chi connectivity index (χ2n) is 2.64. The monoisotopic (exact) mass is 317 g/mol. The molecule has 0 amide bonds. The summed E-state index contributed by atoms with van der Waals surface area (Å²) in [5.41, 5.74) is 0.857. The van der Waals surface area contributed by atoms with Crippen molar-refractivity contribution < 1.29 is 7.66 Å². The van der Waals surface area contributed by atoms with Crippen molar-refractivity contribution >= 4 is 43.4 Å². The predicted octanol–water partition coefficient (Wildman–Crippen LogP) is 3.61. The van der Waals surface area contributed by atoms with E-state index in [1.54, 1.807) is 0 Å². The summed E-state index contributed by atoms with van der Waals surface area (Å²) in [5.74, 6) is 0.918. The molecule has 0 fully saturated rings. The van der Waals surface area contributed by atoms with Crippen LogP contribution >= 0.6 is 32.5 Å². The highest BCUT2D eigenvalue weighted by Crippen LogP contribution is 2.31. The Bertz CT molecular complexity index is 419. The van der Waals surface area contributed by atoms with Crippen LogP contribution in [0.2, 0.25) is 0 Å². The Morgan fingerprint density at radius 3 is 2.57 bits per heavy atom. The molecule has 0 atom stereocenters. The van der Waals surface area contributed by atoms with Crippen LogP contribution in [0.3, 0.4) is 0 Å². The molecule has 0 aliphatic rings. The standard InChI is InChI=1S/C9H5Br2NO2/c10-13-8-5-6-3-1-2-4-7(6)12-9(8)14-11/h1-5H. The van der Waals surface area contributed by atoms with Crippen LogP contribution < -0.4 is 7.66 Å². The van der Waals surface area contributed by atoms with E-state index < -0.39 is 0 Å². The molecule has 1 aromatic heterocycles. The third kappa shape index (κ3) is 1.69. The Morgan fingerprint density at radius 1 is 1.07 bits per heavy atom. The summed E-state index contributed by atoms with van der Waals surface area (Å²) in [5, 5.41) is 0.996. The molecule has 5 heteroatoms. The molecule has 2 rings (SSSR count). The van der Waals surface area contributed by atoms with Gasteiger partial charge in [-0.25, -0.2) is 4.98 Å². The Balaban J connectivity index is 2.69. The zero-order chi connectivity index (χ0) is 9.97. The Labute approximate surface area is 97.9 Å². The lowest BCUT2D eigenvalue weighted by Gasteiger charge is -2.04. The van der Waals surface area contributed by atoms with Gasteiger partial charge in [0.05, 0.1) is 5.52 Å². The minimum atomic E-state index is 0.389. The van der Waals surface area contributed by atoms with E-state index in [2.05, 4.69) is 37.5 Å². The Kier molecular flexibility index (Phi) is 2.88. The quantitative estimate of drug-likeness (QED) is 0.847. The molecule has 0 N–H and O–H groups in total. The van der Waals surface area contributed by atoms with Crippen molar-refractivity contribution in [2.45, 2.75) is 0 Å². The average Bonchev–Trinajstić information content (AvgIpc) is 2.27. The van der Waals surface area contributed by atoms with Gasteiger partial charge in [0.1, 0.15) is 0 Å². The smallest absolute Gasteiger partial charge is 0.271 e. The number of hydrogen-bond donors (Lipinski definition) is 0. The Morgan fingerprint density at radius 2 is 1.86 bits per heavy atom. The number of hydrogen-bond acceptors (Lipinski definition) is 3. The maximum Gasteiger partial charge on any atom is 0.271 e. The molecule has 3 nitrogen and oxygen atoms in total. The number of pyridine rings is 1. The molecule has 2 aromatic rings. The van der Waals surface area contributed by atoms with Crippen LogP contribution in [0, 0.1) is 0 Å². The van der Waals surface area contributed by atoms with E-state index in [9.17, 15) is 0 Å². The number of fused-ring (bicyclic) bond motifs is 1. The number of para-hydroxylation sites is 1.